The van der Waals surface area contributed by atoms with Gasteiger partial charge < -0.3 is 16.0 Å². The molecule has 0 spiro atoms. The van der Waals surface area contributed by atoms with E-state index in [1.807, 2.05) is 12.1 Å². The molecule has 5 nitrogen and oxygen atoms in total. The summed E-state index contributed by atoms with van der Waals surface area (Å²) in [5.41, 5.74) is 10.6. The van der Waals surface area contributed by atoms with Gasteiger partial charge in [0.1, 0.15) is 5.82 Å². The number of aromatic amines is 1. The van der Waals surface area contributed by atoms with Crippen LogP contribution in [0.2, 0.25) is 0 Å². The molecule has 0 saturated carbocycles. The van der Waals surface area contributed by atoms with Gasteiger partial charge in [0.25, 0.3) is 5.91 Å². The van der Waals surface area contributed by atoms with E-state index in [1.54, 1.807) is 12.1 Å². The monoisotopic (exact) mass is 294 g/mol. The Balaban J connectivity index is 1.74. The average molecular weight is 294 g/mol. The number of pyridine rings is 1. The van der Waals surface area contributed by atoms with Crippen LogP contribution in [0, 0.1) is 13.8 Å². The Morgan fingerprint density at radius 1 is 1.27 bits per heavy atom. The van der Waals surface area contributed by atoms with Gasteiger partial charge in [0.15, 0.2) is 0 Å². The van der Waals surface area contributed by atoms with Gasteiger partial charge in [0.2, 0.25) is 0 Å². The standard InChI is InChI=1S/C17H18N4O/c1-10-11(2)21-15-5-3-12(7-14(10)15)8-20-17(22)13-4-6-16(18)19-9-13/h3-7,9,21H,8H2,1-2H3,(H2,18,19)(H,20,22). The van der Waals surface area contributed by atoms with Crippen molar-refractivity contribution in [3.8, 4) is 0 Å². The Morgan fingerprint density at radius 2 is 2.09 bits per heavy atom. The van der Waals surface area contributed by atoms with Crippen LogP contribution in [0.3, 0.4) is 0 Å². The van der Waals surface area contributed by atoms with Gasteiger partial charge in [0.05, 0.1) is 5.56 Å². The molecule has 1 amide bonds. The summed E-state index contributed by atoms with van der Waals surface area (Å²) < 4.78 is 0. The van der Waals surface area contributed by atoms with Crippen molar-refractivity contribution in [2.75, 3.05) is 5.73 Å². The van der Waals surface area contributed by atoms with Crippen molar-refractivity contribution in [3.63, 3.8) is 0 Å². The van der Waals surface area contributed by atoms with Gasteiger partial charge in [-0.3, -0.25) is 4.79 Å². The average Bonchev–Trinajstić information content (AvgIpc) is 2.80. The molecule has 22 heavy (non-hydrogen) atoms. The van der Waals surface area contributed by atoms with Crippen LogP contribution in [0.5, 0.6) is 0 Å². The molecule has 112 valence electrons. The molecule has 2 heterocycles. The summed E-state index contributed by atoms with van der Waals surface area (Å²) in [7, 11) is 0. The molecule has 3 rings (SSSR count). The Hall–Kier alpha value is -2.82. The van der Waals surface area contributed by atoms with E-state index in [4.69, 9.17) is 5.73 Å². The van der Waals surface area contributed by atoms with Gasteiger partial charge in [-0.1, -0.05) is 6.07 Å². The zero-order valence-electron chi connectivity index (χ0n) is 12.6. The highest BCUT2D eigenvalue weighted by atomic mass is 16.1. The highest BCUT2D eigenvalue weighted by Gasteiger charge is 2.08. The predicted molar refractivity (Wildman–Crippen MR) is 87.6 cm³/mol. The minimum atomic E-state index is -0.158. The van der Waals surface area contributed by atoms with Gasteiger partial charge in [-0.25, -0.2) is 4.98 Å². The van der Waals surface area contributed by atoms with Crippen molar-refractivity contribution in [2.45, 2.75) is 20.4 Å². The molecular weight excluding hydrogens is 276 g/mol. The zero-order chi connectivity index (χ0) is 15.7. The molecule has 0 aliphatic carbocycles. The van der Waals surface area contributed by atoms with Crippen LogP contribution in [0.4, 0.5) is 5.82 Å². The van der Waals surface area contributed by atoms with Crippen molar-refractivity contribution >= 4 is 22.6 Å². The smallest absolute Gasteiger partial charge is 0.253 e. The fourth-order valence-electron chi connectivity index (χ4n) is 2.44. The number of hydrogen-bond acceptors (Lipinski definition) is 3. The van der Waals surface area contributed by atoms with Crippen LogP contribution in [0.15, 0.2) is 36.5 Å². The Labute approximate surface area is 128 Å². The number of fused-ring (bicyclic) bond motifs is 1. The second-order valence-electron chi connectivity index (χ2n) is 5.41. The number of anilines is 1. The van der Waals surface area contributed by atoms with E-state index in [1.165, 1.54) is 22.8 Å². The molecule has 1 aromatic carbocycles. The molecule has 0 fully saturated rings. The van der Waals surface area contributed by atoms with Crippen LogP contribution in [-0.4, -0.2) is 15.9 Å². The topological polar surface area (TPSA) is 83.8 Å². The van der Waals surface area contributed by atoms with Crippen LogP contribution in [-0.2, 0) is 6.54 Å². The lowest BCUT2D eigenvalue weighted by atomic mass is 10.1. The highest BCUT2D eigenvalue weighted by molar-refractivity contribution is 5.94. The van der Waals surface area contributed by atoms with E-state index in [2.05, 4.69) is 35.2 Å². The Bertz CT molecular complexity index is 834. The van der Waals surface area contributed by atoms with Crippen molar-refractivity contribution < 1.29 is 4.79 Å². The van der Waals surface area contributed by atoms with E-state index >= 15 is 0 Å². The number of hydrogen-bond donors (Lipinski definition) is 3. The Kier molecular flexibility index (Phi) is 3.55. The molecule has 0 atom stereocenters. The summed E-state index contributed by atoms with van der Waals surface area (Å²) in [5, 5.41) is 4.09. The molecular formula is C17H18N4O. The highest BCUT2D eigenvalue weighted by Crippen LogP contribution is 2.22. The maximum Gasteiger partial charge on any atom is 0.253 e. The second kappa shape index (κ2) is 5.52. The SMILES string of the molecule is Cc1[nH]c2ccc(CNC(=O)c3ccc(N)nc3)cc2c1C. The molecule has 5 heteroatoms. The summed E-state index contributed by atoms with van der Waals surface area (Å²) in [5.74, 6) is 0.245. The minimum Gasteiger partial charge on any atom is -0.384 e. The fourth-order valence-corrected chi connectivity index (χ4v) is 2.44. The molecule has 4 N–H and O–H groups in total. The number of rotatable bonds is 3. The van der Waals surface area contributed by atoms with Crippen molar-refractivity contribution in [1.82, 2.24) is 15.3 Å². The summed E-state index contributed by atoms with van der Waals surface area (Å²) in [6.07, 6.45) is 1.48. The number of amides is 1. The van der Waals surface area contributed by atoms with Crippen LogP contribution in [0.1, 0.15) is 27.2 Å². The quantitative estimate of drug-likeness (QED) is 0.694. The number of carbonyl (C=O) groups excluding carboxylic acids is 1. The lowest BCUT2D eigenvalue weighted by Gasteiger charge is -2.06. The number of H-pyrrole nitrogens is 1. The molecule has 0 radical (unpaired) electrons. The number of nitrogens with one attached hydrogen (secondary N) is 2. The summed E-state index contributed by atoms with van der Waals surface area (Å²) >= 11 is 0. The maximum absolute atomic E-state index is 12.1. The zero-order valence-corrected chi connectivity index (χ0v) is 12.6. The lowest BCUT2D eigenvalue weighted by Crippen LogP contribution is -2.22. The van der Waals surface area contributed by atoms with Gasteiger partial charge >= 0.3 is 0 Å². The van der Waals surface area contributed by atoms with Crippen LogP contribution >= 0.6 is 0 Å². The van der Waals surface area contributed by atoms with Gasteiger partial charge in [-0.05, 0) is 49.2 Å². The fraction of sp³-hybridized carbons (Fsp3) is 0.176. The van der Waals surface area contributed by atoms with E-state index < -0.39 is 0 Å². The summed E-state index contributed by atoms with van der Waals surface area (Å²) in [6, 6.07) is 9.45. The van der Waals surface area contributed by atoms with Gasteiger partial charge in [-0.2, -0.15) is 0 Å². The lowest BCUT2D eigenvalue weighted by molar-refractivity contribution is 0.0950. The number of nitrogens with two attached hydrogens (primary N) is 1. The number of carbonyl (C=O) groups is 1. The molecule has 3 aromatic rings. The Morgan fingerprint density at radius 3 is 2.82 bits per heavy atom. The third-order valence-corrected chi connectivity index (χ3v) is 3.87. The number of benzene rings is 1. The van der Waals surface area contributed by atoms with Crippen LogP contribution in [0.25, 0.3) is 10.9 Å². The maximum atomic E-state index is 12.1. The van der Waals surface area contributed by atoms with Crippen molar-refractivity contribution in [2.24, 2.45) is 0 Å². The largest absolute Gasteiger partial charge is 0.384 e. The van der Waals surface area contributed by atoms with Crippen LogP contribution < -0.4 is 11.1 Å². The summed E-state index contributed by atoms with van der Waals surface area (Å²) in [6.45, 7) is 4.63. The first-order chi connectivity index (χ1) is 10.5. The predicted octanol–water partition coefficient (Wildman–Crippen LogP) is 2.69. The molecule has 0 saturated heterocycles. The second-order valence-corrected chi connectivity index (χ2v) is 5.41. The van der Waals surface area contributed by atoms with Gasteiger partial charge in [-0.15, -0.1) is 0 Å². The van der Waals surface area contributed by atoms with Crippen molar-refractivity contribution in [1.29, 1.82) is 0 Å². The molecule has 0 unspecified atom stereocenters. The number of nitrogen functional groups attached to an aromatic ring is 1. The van der Waals surface area contributed by atoms with Crippen molar-refractivity contribution in [3.05, 3.63) is 58.9 Å². The number of aryl methyl sites for hydroxylation is 2. The first kappa shape index (κ1) is 14.1. The third-order valence-electron chi connectivity index (χ3n) is 3.87. The number of nitrogens with zero attached hydrogens (tertiary/aromatic N) is 1. The molecule has 0 bridgehead atoms. The van der Waals surface area contributed by atoms with E-state index in [9.17, 15) is 4.79 Å². The van der Waals surface area contributed by atoms with E-state index in [-0.39, 0.29) is 5.91 Å². The van der Waals surface area contributed by atoms with Gasteiger partial charge in [0, 0.05) is 29.3 Å². The molecule has 2 aromatic heterocycles. The molecule has 0 aliphatic rings. The summed E-state index contributed by atoms with van der Waals surface area (Å²) in [4.78, 5) is 19.3. The normalized spacial score (nSPS) is 10.8. The minimum absolute atomic E-state index is 0.158. The number of aromatic nitrogens is 2. The van der Waals surface area contributed by atoms with E-state index in [0.717, 1.165) is 11.1 Å². The van der Waals surface area contributed by atoms with E-state index in [0.29, 0.717) is 17.9 Å². The third kappa shape index (κ3) is 2.65. The first-order valence-corrected chi connectivity index (χ1v) is 7.12. The first-order valence-electron chi connectivity index (χ1n) is 7.12. The molecule has 0 aliphatic heterocycles.